The zero-order valence-corrected chi connectivity index (χ0v) is 16.9. The molecule has 2 amide bonds. The number of hydrogen-bond donors (Lipinski definition) is 2. The van der Waals surface area contributed by atoms with Crippen LogP contribution in [0.2, 0.25) is 0 Å². The summed E-state index contributed by atoms with van der Waals surface area (Å²) in [4.78, 5) is 28.4. The fourth-order valence-corrected chi connectivity index (χ4v) is 3.22. The van der Waals surface area contributed by atoms with Crippen LogP contribution in [0, 0.1) is 5.92 Å². The van der Waals surface area contributed by atoms with Crippen molar-refractivity contribution in [3.63, 3.8) is 0 Å². The van der Waals surface area contributed by atoms with E-state index >= 15 is 0 Å². The molecule has 0 bridgehead atoms. The molecule has 0 aliphatic heterocycles. The molecule has 1 atom stereocenters. The van der Waals surface area contributed by atoms with E-state index in [4.69, 9.17) is 4.42 Å². The van der Waals surface area contributed by atoms with Gasteiger partial charge in [-0.2, -0.15) is 0 Å². The van der Waals surface area contributed by atoms with Crippen LogP contribution in [0.5, 0.6) is 0 Å². The number of anilines is 1. The van der Waals surface area contributed by atoms with Gasteiger partial charge in [0.15, 0.2) is 11.7 Å². The van der Waals surface area contributed by atoms with Crippen LogP contribution in [0.1, 0.15) is 43.7 Å². The molecule has 0 unspecified atom stereocenters. The number of oxazole rings is 1. The Morgan fingerprint density at radius 1 is 1.10 bits per heavy atom. The molecule has 1 fully saturated rings. The molecule has 1 aliphatic rings. The monoisotopic (exact) mass is 403 g/mol. The van der Waals surface area contributed by atoms with Crippen LogP contribution < -0.4 is 10.6 Å². The zero-order chi connectivity index (χ0) is 20.9. The summed E-state index contributed by atoms with van der Waals surface area (Å²) in [6.07, 6.45) is 4.39. The SMILES string of the molecule is C[C@@H](NC(=O)CCc1ncc(-c2ccccc2)o1)c1ccc(NC(=O)C2CC2)cc1. The second kappa shape index (κ2) is 8.95. The molecule has 2 aromatic carbocycles. The number of aromatic nitrogens is 1. The van der Waals surface area contributed by atoms with Crippen molar-refractivity contribution in [3.05, 3.63) is 72.2 Å². The van der Waals surface area contributed by atoms with Crippen LogP contribution in [-0.2, 0) is 16.0 Å². The Hall–Kier alpha value is -3.41. The van der Waals surface area contributed by atoms with Crippen molar-refractivity contribution < 1.29 is 14.0 Å². The highest BCUT2D eigenvalue weighted by molar-refractivity contribution is 5.94. The lowest BCUT2D eigenvalue weighted by Crippen LogP contribution is -2.26. The maximum Gasteiger partial charge on any atom is 0.227 e. The van der Waals surface area contributed by atoms with Crippen LogP contribution >= 0.6 is 0 Å². The summed E-state index contributed by atoms with van der Waals surface area (Å²) in [7, 11) is 0. The summed E-state index contributed by atoms with van der Waals surface area (Å²) in [5.74, 6) is 1.45. The first-order chi connectivity index (χ1) is 14.6. The van der Waals surface area contributed by atoms with E-state index in [-0.39, 0.29) is 23.8 Å². The lowest BCUT2D eigenvalue weighted by Gasteiger charge is -2.15. The Labute approximate surface area is 175 Å². The first kappa shape index (κ1) is 19.9. The second-order valence-corrected chi connectivity index (χ2v) is 7.66. The number of hydrogen-bond acceptors (Lipinski definition) is 4. The molecule has 154 valence electrons. The van der Waals surface area contributed by atoms with Crippen LogP contribution in [0.25, 0.3) is 11.3 Å². The van der Waals surface area contributed by atoms with Gasteiger partial charge in [-0.1, -0.05) is 42.5 Å². The molecular formula is C24H25N3O3. The van der Waals surface area contributed by atoms with Crippen molar-refractivity contribution in [3.8, 4) is 11.3 Å². The van der Waals surface area contributed by atoms with Gasteiger partial charge in [0, 0.05) is 30.0 Å². The van der Waals surface area contributed by atoms with Gasteiger partial charge >= 0.3 is 0 Å². The fourth-order valence-electron chi connectivity index (χ4n) is 3.22. The minimum Gasteiger partial charge on any atom is -0.441 e. The predicted molar refractivity (Wildman–Crippen MR) is 115 cm³/mol. The van der Waals surface area contributed by atoms with E-state index in [0.29, 0.717) is 24.5 Å². The molecule has 0 radical (unpaired) electrons. The van der Waals surface area contributed by atoms with Gasteiger partial charge in [-0.05, 0) is 37.5 Å². The van der Waals surface area contributed by atoms with Crippen LogP contribution in [-0.4, -0.2) is 16.8 Å². The largest absolute Gasteiger partial charge is 0.441 e. The molecule has 4 rings (SSSR count). The molecular weight excluding hydrogens is 378 g/mol. The molecule has 1 heterocycles. The topological polar surface area (TPSA) is 84.2 Å². The fraction of sp³-hybridized carbons (Fsp3) is 0.292. The lowest BCUT2D eigenvalue weighted by atomic mass is 10.1. The first-order valence-electron chi connectivity index (χ1n) is 10.3. The third kappa shape index (κ3) is 5.14. The molecule has 3 aromatic rings. The molecule has 2 N–H and O–H groups in total. The van der Waals surface area contributed by atoms with E-state index < -0.39 is 0 Å². The van der Waals surface area contributed by atoms with Gasteiger partial charge in [0.1, 0.15) is 0 Å². The number of aryl methyl sites for hydroxylation is 1. The minimum absolute atomic E-state index is 0.0620. The van der Waals surface area contributed by atoms with Crippen LogP contribution in [0.3, 0.4) is 0 Å². The number of benzene rings is 2. The summed E-state index contributed by atoms with van der Waals surface area (Å²) in [5.41, 5.74) is 2.73. The van der Waals surface area contributed by atoms with E-state index in [9.17, 15) is 9.59 Å². The summed E-state index contributed by atoms with van der Waals surface area (Å²) in [5, 5.41) is 5.92. The third-order valence-electron chi connectivity index (χ3n) is 5.18. The van der Waals surface area contributed by atoms with E-state index in [2.05, 4.69) is 15.6 Å². The zero-order valence-electron chi connectivity index (χ0n) is 16.9. The Morgan fingerprint density at radius 3 is 2.53 bits per heavy atom. The van der Waals surface area contributed by atoms with Gasteiger partial charge in [-0.25, -0.2) is 4.98 Å². The summed E-state index contributed by atoms with van der Waals surface area (Å²) < 4.78 is 5.75. The minimum atomic E-state index is -0.130. The molecule has 0 spiro atoms. The highest BCUT2D eigenvalue weighted by Gasteiger charge is 2.29. The standard InChI is InChI=1S/C24H25N3O3/c1-16(17-9-11-20(12-10-17)27-24(29)19-7-8-19)26-22(28)13-14-23-25-15-21(30-23)18-5-3-2-4-6-18/h2-6,9-12,15-16,19H,7-8,13-14H2,1H3,(H,26,28)(H,27,29)/t16-/m1/s1. The van der Waals surface area contributed by atoms with Gasteiger partial charge in [-0.3, -0.25) is 9.59 Å². The van der Waals surface area contributed by atoms with Gasteiger partial charge in [0.05, 0.1) is 12.2 Å². The predicted octanol–water partition coefficient (Wildman–Crippen LogP) is 4.50. The van der Waals surface area contributed by atoms with Gasteiger partial charge in [-0.15, -0.1) is 0 Å². The summed E-state index contributed by atoms with van der Waals surface area (Å²) in [6, 6.07) is 17.2. The van der Waals surface area contributed by atoms with E-state index in [0.717, 1.165) is 29.7 Å². The normalized spacial score (nSPS) is 14.2. The third-order valence-corrected chi connectivity index (χ3v) is 5.18. The number of carbonyl (C=O) groups excluding carboxylic acids is 2. The van der Waals surface area contributed by atoms with Crippen molar-refractivity contribution in [1.82, 2.24) is 10.3 Å². The maximum atomic E-state index is 12.3. The van der Waals surface area contributed by atoms with Gasteiger partial charge < -0.3 is 15.1 Å². The quantitative estimate of drug-likeness (QED) is 0.580. The highest BCUT2D eigenvalue weighted by Crippen LogP contribution is 2.30. The van der Waals surface area contributed by atoms with Crippen molar-refractivity contribution in [2.45, 2.75) is 38.6 Å². The Bertz CT molecular complexity index is 1010. The molecule has 30 heavy (non-hydrogen) atoms. The average molecular weight is 403 g/mol. The van der Waals surface area contributed by atoms with Crippen LogP contribution in [0.15, 0.2) is 65.2 Å². The Balaban J connectivity index is 1.25. The molecule has 0 saturated heterocycles. The number of carbonyl (C=O) groups is 2. The summed E-state index contributed by atoms with van der Waals surface area (Å²) >= 11 is 0. The number of nitrogens with zero attached hydrogens (tertiary/aromatic N) is 1. The molecule has 6 nitrogen and oxygen atoms in total. The van der Waals surface area contributed by atoms with Crippen LogP contribution in [0.4, 0.5) is 5.69 Å². The maximum absolute atomic E-state index is 12.3. The smallest absolute Gasteiger partial charge is 0.227 e. The van der Waals surface area contributed by atoms with E-state index in [1.54, 1.807) is 6.20 Å². The van der Waals surface area contributed by atoms with E-state index in [1.807, 2.05) is 61.5 Å². The summed E-state index contributed by atoms with van der Waals surface area (Å²) in [6.45, 7) is 1.94. The Morgan fingerprint density at radius 2 is 1.83 bits per heavy atom. The molecule has 6 heteroatoms. The van der Waals surface area contributed by atoms with E-state index in [1.165, 1.54) is 0 Å². The van der Waals surface area contributed by atoms with Gasteiger partial charge in [0.2, 0.25) is 11.8 Å². The Kier molecular flexibility index (Phi) is 5.93. The molecule has 1 saturated carbocycles. The highest BCUT2D eigenvalue weighted by atomic mass is 16.4. The molecule has 1 aliphatic carbocycles. The van der Waals surface area contributed by atoms with Crippen molar-refractivity contribution in [1.29, 1.82) is 0 Å². The van der Waals surface area contributed by atoms with Crippen molar-refractivity contribution in [2.24, 2.45) is 5.92 Å². The lowest BCUT2D eigenvalue weighted by molar-refractivity contribution is -0.121. The number of amides is 2. The van der Waals surface area contributed by atoms with Crippen molar-refractivity contribution in [2.75, 3.05) is 5.32 Å². The number of nitrogens with one attached hydrogen (secondary N) is 2. The first-order valence-corrected chi connectivity index (χ1v) is 10.3. The average Bonchev–Trinajstić information content (AvgIpc) is 3.51. The second-order valence-electron chi connectivity index (χ2n) is 7.66. The van der Waals surface area contributed by atoms with Gasteiger partial charge in [0.25, 0.3) is 0 Å². The number of rotatable bonds is 8. The molecule has 1 aromatic heterocycles. The van der Waals surface area contributed by atoms with Crippen molar-refractivity contribution >= 4 is 17.5 Å².